The Kier molecular flexibility index (Phi) is 3.24. The number of hydrogen-bond acceptors (Lipinski definition) is 3. The molecule has 89 valence electrons. The summed E-state index contributed by atoms with van der Waals surface area (Å²) in [7, 11) is 0. The average molecular weight is 231 g/mol. The largest absolute Gasteiger partial charge is 0.421 e. The number of nitrogens with zero attached hydrogens (tertiary/aromatic N) is 2. The van der Waals surface area contributed by atoms with Crippen LogP contribution in [0.15, 0.2) is 16.5 Å². The van der Waals surface area contributed by atoms with E-state index in [-0.39, 0.29) is 13.0 Å². The highest BCUT2D eigenvalue weighted by Gasteiger charge is 2.12. The van der Waals surface area contributed by atoms with Gasteiger partial charge in [0.1, 0.15) is 0 Å². The quantitative estimate of drug-likeness (QED) is 0.815. The summed E-state index contributed by atoms with van der Waals surface area (Å²) in [6, 6.07) is 4.14. The van der Waals surface area contributed by atoms with Gasteiger partial charge in [-0.05, 0) is 38.0 Å². The van der Waals surface area contributed by atoms with Crippen LogP contribution in [-0.4, -0.2) is 16.8 Å². The number of hydrogen-bond donors (Lipinski definition) is 0. The van der Waals surface area contributed by atoms with Crippen molar-refractivity contribution in [2.75, 3.05) is 6.61 Å². The third kappa shape index (κ3) is 2.36. The number of aromatic nitrogens is 2. The molecule has 4 heteroatoms. The van der Waals surface area contributed by atoms with Gasteiger partial charge >= 0.3 is 0 Å². The minimum absolute atomic E-state index is 0.229. The lowest BCUT2D eigenvalue weighted by Gasteiger charge is -2.06. The van der Waals surface area contributed by atoms with E-state index in [1.807, 2.05) is 19.9 Å². The summed E-state index contributed by atoms with van der Waals surface area (Å²) in [5.74, 6) is 0.909. The standard InChI is InChI=1S/C13H15N2O2/c1-8-6-9(2)10(3)11(7-8)13-15-14-12(17-13)4-5-16/h6-7H,4-5H2,1-3H3. The van der Waals surface area contributed by atoms with E-state index < -0.39 is 0 Å². The van der Waals surface area contributed by atoms with Crippen LogP contribution in [0.3, 0.4) is 0 Å². The van der Waals surface area contributed by atoms with Gasteiger partial charge in [0.15, 0.2) is 0 Å². The van der Waals surface area contributed by atoms with Gasteiger partial charge in [0, 0.05) is 5.56 Å². The summed E-state index contributed by atoms with van der Waals surface area (Å²) >= 11 is 0. The van der Waals surface area contributed by atoms with Crippen LogP contribution in [0.2, 0.25) is 0 Å². The van der Waals surface area contributed by atoms with Crippen LogP contribution in [0.5, 0.6) is 0 Å². The van der Waals surface area contributed by atoms with Crippen LogP contribution in [-0.2, 0) is 11.5 Å². The molecule has 0 unspecified atom stereocenters. The van der Waals surface area contributed by atoms with E-state index in [1.54, 1.807) is 0 Å². The Labute approximate surface area is 100 Å². The van der Waals surface area contributed by atoms with Gasteiger partial charge in [0.05, 0.1) is 13.0 Å². The van der Waals surface area contributed by atoms with E-state index in [0.29, 0.717) is 11.8 Å². The fraction of sp³-hybridized carbons (Fsp3) is 0.385. The molecule has 0 N–H and O–H groups in total. The predicted molar refractivity (Wildman–Crippen MR) is 63.2 cm³/mol. The third-order valence-corrected chi connectivity index (χ3v) is 2.82. The Bertz CT molecular complexity index is 532. The molecule has 2 rings (SSSR count). The van der Waals surface area contributed by atoms with Crippen LogP contribution in [0.1, 0.15) is 22.6 Å². The first-order valence-corrected chi connectivity index (χ1v) is 5.60. The van der Waals surface area contributed by atoms with Crippen LogP contribution in [0.4, 0.5) is 0 Å². The first-order chi connectivity index (χ1) is 8.11. The Morgan fingerprint density at radius 2 is 1.94 bits per heavy atom. The van der Waals surface area contributed by atoms with Gasteiger partial charge in [-0.2, -0.15) is 0 Å². The SMILES string of the molecule is Cc1cc(C)c(C)c(-c2nnc(CC[O])o2)c1. The van der Waals surface area contributed by atoms with Crippen molar-refractivity contribution in [1.29, 1.82) is 0 Å². The van der Waals surface area contributed by atoms with Gasteiger partial charge in [-0.3, -0.25) is 0 Å². The highest BCUT2D eigenvalue weighted by atomic mass is 16.4. The molecule has 0 amide bonds. The van der Waals surface area contributed by atoms with Crippen molar-refractivity contribution < 1.29 is 9.52 Å². The lowest BCUT2D eigenvalue weighted by atomic mass is 10.0. The highest BCUT2D eigenvalue weighted by molar-refractivity contribution is 5.61. The molecule has 1 aromatic heterocycles. The molecular formula is C13H15N2O2. The molecule has 0 atom stereocenters. The molecule has 0 aliphatic carbocycles. The normalized spacial score (nSPS) is 10.8. The Hall–Kier alpha value is -1.68. The lowest BCUT2D eigenvalue weighted by Crippen LogP contribution is -1.89. The van der Waals surface area contributed by atoms with Crippen LogP contribution < -0.4 is 0 Å². The Morgan fingerprint density at radius 1 is 1.18 bits per heavy atom. The zero-order valence-electron chi connectivity index (χ0n) is 10.3. The monoisotopic (exact) mass is 231 g/mol. The number of benzene rings is 1. The summed E-state index contributed by atoms with van der Waals surface area (Å²) < 4.78 is 5.48. The molecule has 0 fully saturated rings. The zero-order valence-corrected chi connectivity index (χ0v) is 10.3. The molecular weight excluding hydrogens is 216 g/mol. The van der Waals surface area contributed by atoms with E-state index >= 15 is 0 Å². The summed E-state index contributed by atoms with van der Waals surface area (Å²) in [5.41, 5.74) is 4.44. The molecule has 0 aliphatic heterocycles. The maximum Gasteiger partial charge on any atom is 0.248 e. The van der Waals surface area contributed by atoms with E-state index in [4.69, 9.17) is 4.42 Å². The maximum absolute atomic E-state index is 10.5. The summed E-state index contributed by atoms with van der Waals surface area (Å²) in [4.78, 5) is 0. The molecule has 0 saturated carbocycles. The third-order valence-electron chi connectivity index (χ3n) is 2.82. The van der Waals surface area contributed by atoms with E-state index in [1.165, 1.54) is 5.56 Å². The smallest absolute Gasteiger partial charge is 0.248 e. The van der Waals surface area contributed by atoms with Gasteiger partial charge in [-0.25, -0.2) is 5.11 Å². The van der Waals surface area contributed by atoms with Gasteiger partial charge in [-0.1, -0.05) is 11.6 Å². The van der Waals surface area contributed by atoms with Crippen molar-refractivity contribution in [3.63, 3.8) is 0 Å². The molecule has 1 radical (unpaired) electrons. The summed E-state index contributed by atoms with van der Waals surface area (Å²) in [6.45, 7) is 5.89. The number of rotatable bonds is 3. The van der Waals surface area contributed by atoms with Gasteiger partial charge in [-0.15, -0.1) is 10.2 Å². The molecule has 2 aromatic rings. The minimum atomic E-state index is -0.229. The molecule has 0 bridgehead atoms. The fourth-order valence-corrected chi connectivity index (χ4v) is 1.81. The van der Waals surface area contributed by atoms with Crippen molar-refractivity contribution in [2.24, 2.45) is 0 Å². The first kappa shape index (κ1) is 11.8. The Morgan fingerprint density at radius 3 is 2.65 bits per heavy atom. The van der Waals surface area contributed by atoms with Crippen molar-refractivity contribution >= 4 is 0 Å². The highest BCUT2D eigenvalue weighted by Crippen LogP contribution is 2.26. The first-order valence-electron chi connectivity index (χ1n) is 5.60. The van der Waals surface area contributed by atoms with Crippen molar-refractivity contribution in [1.82, 2.24) is 10.2 Å². The fourth-order valence-electron chi connectivity index (χ4n) is 1.81. The topological polar surface area (TPSA) is 58.8 Å². The van der Waals surface area contributed by atoms with Crippen molar-refractivity contribution in [3.05, 3.63) is 34.7 Å². The van der Waals surface area contributed by atoms with Crippen LogP contribution in [0, 0.1) is 20.8 Å². The van der Waals surface area contributed by atoms with E-state index in [9.17, 15) is 5.11 Å². The molecule has 4 nitrogen and oxygen atoms in total. The second kappa shape index (κ2) is 4.67. The number of aryl methyl sites for hydroxylation is 2. The molecule has 1 aromatic carbocycles. The Balaban J connectivity index is 2.44. The molecule has 17 heavy (non-hydrogen) atoms. The average Bonchev–Trinajstić information content (AvgIpc) is 2.72. The van der Waals surface area contributed by atoms with Crippen molar-refractivity contribution in [3.8, 4) is 11.5 Å². The predicted octanol–water partition coefficient (Wildman–Crippen LogP) is 2.63. The second-order valence-electron chi connectivity index (χ2n) is 4.21. The second-order valence-corrected chi connectivity index (χ2v) is 4.21. The molecule has 0 saturated heterocycles. The van der Waals surface area contributed by atoms with Crippen molar-refractivity contribution in [2.45, 2.75) is 27.2 Å². The summed E-state index contributed by atoms with van der Waals surface area (Å²) in [6.07, 6.45) is 0.289. The summed E-state index contributed by atoms with van der Waals surface area (Å²) in [5, 5.41) is 18.4. The van der Waals surface area contributed by atoms with E-state index in [2.05, 4.69) is 23.2 Å². The zero-order chi connectivity index (χ0) is 12.4. The minimum Gasteiger partial charge on any atom is -0.421 e. The molecule has 0 spiro atoms. The van der Waals surface area contributed by atoms with Gasteiger partial charge < -0.3 is 4.42 Å². The molecule has 1 heterocycles. The molecule has 0 aliphatic rings. The van der Waals surface area contributed by atoms with E-state index in [0.717, 1.165) is 16.7 Å². The lowest BCUT2D eigenvalue weighted by molar-refractivity contribution is 0.189. The van der Waals surface area contributed by atoms with Crippen LogP contribution in [0.25, 0.3) is 11.5 Å². The van der Waals surface area contributed by atoms with Crippen LogP contribution >= 0.6 is 0 Å². The maximum atomic E-state index is 10.5. The van der Waals surface area contributed by atoms with Gasteiger partial charge in [0.25, 0.3) is 0 Å². The van der Waals surface area contributed by atoms with Gasteiger partial charge in [0.2, 0.25) is 11.8 Å².